The van der Waals surface area contributed by atoms with Crippen LogP contribution in [0.1, 0.15) is 21.9 Å². The van der Waals surface area contributed by atoms with Crippen molar-refractivity contribution in [2.45, 2.75) is 6.42 Å². The molecule has 0 radical (unpaired) electrons. The fourth-order valence-corrected chi connectivity index (χ4v) is 3.42. The Morgan fingerprint density at radius 3 is 2.45 bits per heavy atom. The highest BCUT2D eigenvalue weighted by Crippen LogP contribution is 2.36. The molecule has 0 saturated carbocycles. The quantitative estimate of drug-likeness (QED) is 0.469. The number of anilines is 1. The Balaban J connectivity index is 1.57. The fraction of sp³-hybridized carbons (Fsp3) is 0.167. The van der Waals surface area contributed by atoms with Gasteiger partial charge < -0.3 is 23.9 Å². The van der Waals surface area contributed by atoms with Crippen molar-refractivity contribution >= 4 is 22.5 Å². The molecule has 1 amide bonds. The Bertz CT molecular complexity index is 1200. The molecule has 0 spiro atoms. The van der Waals surface area contributed by atoms with Crippen LogP contribution < -0.4 is 19.5 Å². The zero-order chi connectivity index (χ0) is 21.8. The molecule has 0 atom stereocenters. The van der Waals surface area contributed by atoms with Gasteiger partial charge in [-0.3, -0.25) is 9.78 Å². The van der Waals surface area contributed by atoms with Gasteiger partial charge in [0.15, 0.2) is 5.76 Å². The maximum atomic E-state index is 12.8. The number of ether oxygens (including phenoxy) is 3. The molecule has 1 N–H and O–H groups in total. The number of hydrogen-bond acceptors (Lipinski definition) is 6. The second kappa shape index (κ2) is 8.79. The van der Waals surface area contributed by atoms with Crippen molar-refractivity contribution in [3.8, 4) is 17.2 Å². The van der Waals surface area contributed by atoms with Crippen LogP contribution >= 0.6 is 0 Å². The van der Waals surface area contributed by atoms with E-state index in [9.17, 15) is 4.79 Å². The van der Waals surface area contributed by atoms with Gasteiger partial charge >= 0.3 is 0 Å². The predicted molar refractivity (Wildman–Crippen MR) is 117 cm³/mol. The molecule has 7 nitrogen and oxygen atoms in total. The van der Waals surface area contributed by atoms with Gasteiger partial charge in [-0.15, -0.1) is 0 Å². The average molecular weight is 418 g/mol. The topological polar surface area (TPSA) is 82.8 Å². The van der Waals surface area contributed by atoms with E-state index in [1.165, 1.54) is 0 Å². The highest BCUT2D eigenvalue weighted by atomic mass is 16.5. The van der Waals surface area contributed by atoms with Crippen LogP contribution in [-0.4, -0.2) is 32.2 Å². The lowest BCUT2D eigenvalue weighted by Gasteiger charge is -2.14. The maximum absolute atomic E-state index is 12.8. The molecule has 2 aromatic heterocycles. The minimum Gasteiger partial charge on any atom is -0.496 e. The summed E-state index contributed by atoms with van der Waals surface area (Å²) in [4.78, 5) is 17.1. The van der Waals surface area contributed by atoms with Gasteiger partial charge in [-0.1, -0.05) is 6.07 Å². The van der Waals surface area contributed by atoms with Gasteiger partial charge in [0.2, 0.25) is 0 Å². The van der Waals surface area contributed by atoms with Crippen LogP contribution in [0, 0.1) is 0 Å². The summed E-state index contributed by atoms with van der Waals surface area (Å²) in [5, 5.41) is 3.76. The second-order valence-electron chi connectivity index (χ2n) is 6.78. The number of rotatable bonds is 7. The number of fused-ring (bicyclic) bond motifs is 1. The van der Waals surface area contributed by atoms with E-state index < -0.39 is 0 Å². The van der Waals surface area contributed by atoms with E-state index in [0.717, 1.165) is 16.5 Å². The molecule has 0 unspecified atom stereocenters. The number of nitrogens with one attached hydrogen (secondary N) is 1. The van der Waals surface area contributed by atoms with Gasteiger partial charge in [-0.2, -0.15) is 0 Å². The standard InChI is InChI=1S/C24H22N2O5/c1-28-16-13-22(29-2)18(23(14-16)30-3)12-15-9-10-21(31-15)24(27)26-20-8-4-7-19-17(20)6-5-11-25-19/h4-11,13-14H,12H2,1-3H3,(H,26,27). The van der Waals surface area contributed by atoms with Gasteiger partial charge in [0.1, 0.15) is 23.0 Å². The predicted octanol–water partition coefficient (Wildman–Crippen LogP) is 4.70. The third-order valence-corrected chi connectivity index (χ3v) is 4.95. The van der Waals surface area contributed by atoms with Crippen molar-refractivity contribution in [2.75, 3.05) is 26.6 Å². The third-order valence-electron chi connectivity index (χ3n) is 4.95. The molecule has 158 valence electrons. The van der Waals surface area contributed by atoms with E-state index in [0.29, 0.717) is 35.1 Å². The first-order valence-electron chi connectivity index (χ1n) is 9.65. The highest BCUT2D eigenvalue weighted by molar-refractivity contribution is 6.07. The van der Waals surface area contributed by atoms with Crippen LogP contribution in [-0.2, 0) is 6.42 Å². The number of nitrogens with zero attached hydrogens (tertiary/aromatic N) is 1. The zero-order valence-electron chi connectivity index (χ0n) is 17.5. The fourth-order valence-electron chi connectivity index (χ4n) is 3.42. The molecular weight excluding hydrogens is 396 g/mol. The molecule has 0 aliphatic rings. The molecule has 4 rings (SSSR count). The second-order valence-corrected chi connectivity index (χ2v) is 6.78. The van der Waals surface area contributed by atoms with Gasteiger partial charge in [0.25, 0.3) is 5.91 Å². The van der Waals surface area contributed by atoms with Crippen molar-refractivity contribution in [2.24, 2.45) is 0 Å². The summed E-state index contributed by atoms with van der Waals surface area (Å²) < 4.78 is 22.1. The summed E-state index contributed by atoms with van der Waals surface area (Å²) in [5.74, 6) is 2.33. The molecule has 0 saturated heterocycles. The maximum Gasteiger partial charge on any atom is 0.291 e. The highest BCUT2D eigenvalue weighted by Gasteiger charge is 2.18. The van der Waals surface area contributed by atoms with E-state index in [2.05, 4.69) is 10.3 Å². The van der Waals surface area contributed by atoms with E-state index in [4.69, 9.17) is 18.6 Å². The lowest BCUT2D eigenvalue weighted by molar-refractivity contribution is 0.0995. The van der Waals surface area contributed by atoms with Gasteiger partial charge in [-0.25, -0.2) is 0 Å². The number of amides is 1. The number of pyridine rings is 1. The van der Waals surface area contributed by atoms with Crippen LogP contribution in [0.4, 0.5) is 5.69 Å². The number of carbonyl (C=O) groups is 1. The van der Waals surface area contributed by atoms with Crippen LogP contribution in [0.5, 0.6) is 17.2 Å². The van der Waals surface area contributed by atoms with Crippen LogP contribution in [0.15, 0.2) is 65.2 Å². The van der Waals surface area contributed by atoms with Gasteiger partial charge in [0.05, 0.1) is 32.5 Å². The number of benzene rings is 2. The van der Waals surface area contributed by atoms with Crippen molar-refractivity contribution < 1.29 is 23.4 Å². The first-order valence-corrected chi connectivity index (χ1v) is 9.65. The average Bonchev–Trinajstić information content (AvgIpc) is 3.28. The Labute approximate surface area is 179 Å². The summed E-state index contributed by atoms with van der Waals surface area (Å²) in [7, 11) is 4.74. The Morgan fingerprint density at radius 2 is 1.74 bits per heavy atom. The largest absolute Gasteiger partial charge is 0.496 e. The molecular formula is C24H22N2O5. The van der Waals surface area contributed by atoms with E-state index in [1.807, 2.05) is 30.3 Å². The summed E-state index contributed by atoms with van der Waals surface area (Å²) in [6.07, 6.45) is 2.11. The number of furan rings is 1. The summed E-state index contributed by atoms with van der Waals surface area (Å²) in [6.45, 7) is 0. The molecule has 2 aromatic carbocycles. The normalized spacial score (nSPS) is 10.7. The van der Waals surface area contributed by atoms with Crippen LogP contribution in [0.3, 0.4) is 0 Å². The molecule has 7 heteroatoms. The van der Waals surface area contributed by atoms with Crippen LogP contribution in [0.2, 0.25) is 0 Å². The van der Waals surface area contributed by atoms with Crippen molar-refractivity contribution in [3.05, 3.63) is 77.9 Å². The molecule has 2 heterocycles. The molecule has 4 aromatic rings. The van der Waals surface area contributed by atoms with Gasteiger partial charge in [-0.05, 0) is 36.4 Å². The first-order chi connectivity index (χ1) is 15.1. The lowest BCUT2D eigenvalue weighted by atomic mass is 10.1. The van der Waals surface area contributed by atoms with E-state index in [1.54, 1.807) is 51.8 Å². The number of methoxy groups -OCH3 is 3. The van der Waals surface area contributed by atoms with Gasteiger partial charge in [0, 0.05) is 35.7 Å². The molecule has 31 heavy (non-hydrogen) atoms. The SMILES string of the molecule is COc1cc(OC)c(Cc2ccc(C(=O)Nc3cccc4ncccc34)o2)c(OC)c1. The molecule has 0 aliphatic carbocycles. The Morgan fingerprint density at radius 1 is 0.968 bits per heavy atom. The van der Waals surface area contributed by atoms with Crippen molar-refractivity contribution in [3.63, 3.8) is 0 Å². The van der Waals surface area contributed by atoms with E-state index >= 15 is 0 Å². The lowest BCUT2D eigenvalue weighted by Crippen LogP contribution is -2.11. The van der Waals surface area contributed by atoms with E-state index in [-0.39, 0.29) is 11.7 Å². The van der Waals surface area contributed by atoms with Crippen LogP contribution in [0.25, 0.3) is 10.9 Å². The molecule has 0 bridgehead atoms. The minimum atomic E-state index is -0.337. The summed E-state index contributed by atoms with van der Waals surface area (Å²) in [6, 6.07) is 16.3. The summed E-state index contributed by atoms with van der Waals surface area (Å²) in [5.41, 5.74) is 2.28. The third kappa shape index (κ3) is 4.16. The number of carbonyl (C=O) groups excluding carboxylic acids is 1. The molecule has 0 aliphatic heterocycles. The number of hydrogen-bond donors (Lipinski definition) is 1. The summed E-state index contributed by atoms with van der Waals surface area (Å²) >= 11 is 0. The Kier molecular flexibility index (Phi) is 5.75. The molecule has 0 fully saturated rings. The monoisotopic (exact) mass is 418 g/mol. The van der Waals surface area contributed by atoms with Crippen molar-refractivity contribution in [1.82, 2.24) is 4.98 Å². The minimum absolute atomic E-state index is 0.210. The van der Waals surface area contributed by atoms with Crippen molar-refractivity contribution in [1.29, 1.82) is 0 Å². The number of aromatic nitrogens is 1. The first kappa shape index (κ1) is 20.3. The smallest absolute Gasteiger partial charge is 0.291 e. The Hall–Kier alpha value is -4.00. The zero-order valence-corrected chi connectivity index (χ0v) is 17.5.